The SMILES string of the molecule is CC(C)OC1OC(C(N)=O)C(C)C(O)C1O. The molecule has 0 spiro atoms. The Kier molecular flexibility index (Phi) is 4.26. The standard InChI is InChI=1S/C10H19NO5/c1-4(2)15-10-7(13)6(12)5(3)8(16-10)9(11)14/h4-8,10,12-13H,1-3H3,(H2,11,14). The van der Waals surface area contributed by atoms with E-state index in [-0.39, 0.29) is 6.10 Å². The lowest BCUT2D eigenvalue weighted by Gasteiger charge is -2.40. The van der Waals surface area contributed by atoms with E-state index in [1.807, 2.05) is 0 Å². The van der Waals surface area contributed by atoms with Crippen LogP contribution in [0.4, 0.5) is 0 Å². The fraction of sp³-hybridized carbons (Fsp3) is 0.900. The second kappa shape index (κ2) is 5.09. The lowest BCUT2D eigenvalue weighted by atomic mass is 9.90. The molecule has 0 aromatic rings. The highest BCUT2D eigenvalue weighted by atomic mass is 16.7. The lowest BCUT2D eigenvalue weighted by Crippen LogP contribution is -2.58. The van der Waals surface area contributed by atoms with E-state index in [0.29, 0.717) is 0 Å². The number of carbonyl (C=O) groups excluding carboxylic acids is 1. The van der Waals surface area contributed by atoms with Gasteiger partial charge in [0, 0.05) is 5.92 Å². The summed E-state index contributed by atoms with van der Waals surface area (Å²) in [5, 5.41) is 19.4. The van der Waals surface area contributed by atoms with Crippen LogP contribution in [0.25, 0.3) is 0 Å². The Labute approximate surface area is 94.3 Å². The van der Waals surface area contributed by atoms with E-state index in [1.165, 1.54) is 0 Å². The number of hydrogen-bond acceptors (Lipinski definition) is 5. The van der Waals surface area contributed by atoms with Crippen molar-refractivity contribution in [3.05, 3.63) is 0 Å². The molecule has 6 heteroatoms. The zero-order valence-corrected chi connectivity index (χ0v) is 9.66. The Bertz CT molecular complexity index is 258. The van der Waals surface area contributed by atoms with Gasteiger partial charge >= 0.3 is 0 Å². The van der Waals surface area contributed by atoms with Crippen LogP contribution >= 0.6 is 0 Å². The third-order valence-corrected chi connectivity index (χ3v) is 2.61. The maximum absolute atomic E-state index is 11.1. The summed E-state index contributed by atoms with van der Waals surface area (Å²) >= 11 is 0. The van der Waals surface area contributed by atoms with Gasteiger partial charge in [-0.1, -0.05) is 6.92 Å². The number of amides is 1. The van der Waals surface area contributed by atoms with Crippen LogP contribution in [0.3, 0.4) is 0 Å². The van der Waals surface area contributed by atoms with Gasteiger partial charge in [-0.25, -0.2) is 0 Å². The first-order valence-corrected chi connectivity index (χ1v) is 5.31. The predicted octanol–water partition coefficient (Wildman–Crippen LogP) is -1.02. The number of carbonyl (C=O) groups is 1. The molecule has 1 saturated heterocycles. The lowest BCUT2D eigenvalue weighted by molar-refractivity contribution is -0.286. The molecular formula is C10H19NO5. The first-order valence-electron chi connectivity index (χ1n) is 5.31. The van der Waals surface area contributed by atoms with Crippen LogP contribution in [-0.4, -0.2) is 46.8 Å². The largest absolute Gasteiger partial charge is 0.390 e. The fourth-order valence-corrected chi connectivity index (χ4v) is 1.71. The van der Waals surface area contributed by atoms with Crippen molar-refractivity contribution in [2.45, 2.75) is 51.5 Å². The summed E-state index contributed by atoms with van der Waals surface area (Å²) in [5.74, 6) is -1.23. The van der Waals surface area contributed by atoms with Gasteiger partial charge in [0.1, 0.15) is 12.2 Å². The highest BCUT2D eigenvalue weighted by Gasteiger charge is 2.45. The van der Waals surface area contributed by atoms with E-state index >= 15 is 0 Å². The Hall–Kier alpha value is -0.690. The van der Waals surface area contributed by atoms with E-state index in [9.17, 15) is 15.0 Å². The third-order valence-electron chi connectivity index (χ3n) is 2.61. The average Bonchev–Trinajstić information content (AvgIpc) is 2.18. The highest BCUT2D eigenvalue weighted by Crippen LogP contribution is 2.27. The Morgan fingerprint density at radius 2 is 1.94 bits per heavy atom. The second-order valence-electron chi connectivity index (χ2n) is 4.35. The molecule has 94 valence electrons. The number of ether oxygens (including phenoxy) is 2. The van der Waals surface area contributed by atoms with Gasteiger partial charge in [0.05, 0.1) is 12.2 Å². The van der Waals surface area contributed by atoms with Gasteiger partial charge in [0.15, 0.2) is 6.29 Å². The van der Waals surface area contributed by atoms with Crippen LogP contribution in [0, 0.1) is 5.92 Å². The summed E-state index contributed by atoms with van der Waals surface area (Å²) in [5.41, 5.74) is 5.15. The molecule has 0 aromatic heterocycles. The van der Waals surface area contributed by atoms with Gasteiger partial charge in [0.2, 0.25) is 5.91 Å². The minimum absolute atomic E-state index is 0.186. The fourth-order valence-electron chi connectivity index (χ4n) is 1.71. The van der Waals surface area contributed by atoms with Crippen LogP contribution in [0.2, 0.25) is 0 Å². The van der Waals surface area contributed by atoms with E-state index in [4.69, 9.17) is 15.2 Å². The summed E-state index contributed by atoms with van der Waals surface area (Å²) in [6.07, 6.45) is -4.41. The Balaban J connectivity index is 2.77. The van der Waals surface area contributed by atoms with Crippen LogP contribution in [0.5, 0.6) is 0 Å². The molecule has 1 aliphatic rings. The molecule has 1 aliphatic heterocycles. The van der Waals surface area contributed by atoms with E-state index in [2.05, 4.69) is 0 Å². The molecule has 1 amide bonds. The first kappa shape index (κ1) is 13.4. The van der Waals surface area contributed by atoms with Gasteiger partial charge < -0.3 is 25.4 Å². The molecule has 1 heterocycles. The van der Waals surface area contributed by atoms with Crippen molar-refractivity contribution < 1.29 is 24.5 Å². The third kappa shape index (κ3) is 2.70. The molecule has 1 fully saturated rings. The van der Waals surface area contributed by atoms with Gasteiger partial charge in [-0.2, -0.15) is 0 Å². The number of nitrogens with two attached hydrogens (primary N) is 1. The average molecular weight is 233 g/mol. The Morgan fingerprint density at radius 3 is 2.38 bits per heavy atom. The molecule has 5 atom stereocenters. The van der Waals surface area contributed by atoms with Crippen molar-refractivity contribution >= 4 is 5.91 Å². The van der Waals surface area contributed by atoms with E-state index < -0.39 is 36.4 Å². The summed E-state index contributed by atoms with van der Waals surface area (Å²) < 4.78 is 10.5. The topological polar surface area (TPSA) is 102 Å². The van der Waals surface area contributed by atoms with Crippen molar-refractivity contribution in [1.29, 1.82) is 0 Å². The minimum Gasteiger partial charge on any atom is -0.390 e. The van der Waals surface area contributed by atoms with E-state index in [0.717, 1.165) is 0 Å². The molecule has 1 rings (SSSR count). The zero-order chi connectivity index (χ0) is 12.5. The van der Waals surface area contributed by atoms with Gasteiger partial charge in [-0.15, -0.1) is 0 Å². The van der Waals surface area contributed by atoms with Gasteiger partial charge in [-0.3, -0.25) is 4.79 Å². The number of primary amides is 1. The molecule has 0 aliphatic carbocycles. The van der Waals surface area contributed by atoms with E-state index in [1.54, 1.807) is 20.8 Å². The molecular weight excluding hydrogens is 214 g/mol. The highest BCUT2D eigenvalue weighted by molar-refractivity contribution is 5.79. The summed E-state index contributed by atoms with van der Waals surface area (Å²) in [6.45, 7) is 5.12. The smallest absolute Gasteiger partial charge is 0.247 e. The van der Waals surface area contributed by atoms with Crippen LogP contribution in [-0.2, 0) is 14.3 Å². The number of aliphatic hydroxyl groups is 2. The maximum atomic E-state index is 11.1. The molecule has 0 bridgehead atoms. The zero-order valence-electron chi connectivity index (χ0n) is 9.66. The molecule has 0 radical (unpaired) electrons. The summed E-state index contributed by atoms with van der Waals surface area (Å²) in [6, 6.07) is 0. The molecule has 6 nitrogen and oxygen atoms in total. The van der Waals surface area contributed by atoms with Crippen molar-refractivity contribution in [2.75, 3.05) is 0 Å². The number of hydrogen-bond donors (Lipinski definition) is 3. The number of aliphatic hydroxyl groups excluding tert-OH is 2. The summed E-state index contributed by atoms with van der Waals surface area (Å²) in [4.78, 5) is 11.1. The van der Waals surface area contributed by atoms with Crippen molar-refractivity contribution in [2.24, 2.45) is 11.7 Å². The van der Waals surface area contributed by atoms with Gasteiger partial charge in [0.25, 0.3) is 0 Å². The Morgan fingerprint density at radius 1 is 1.38 bits per heavy atom. The molecule has 5 unspecified atom stereocenters. The predicted molar refractivity (Wildman–Crippen MR) is 55.3 cm³/mol. The molecule has 16 heavy (non-hydrogen) atoms. The number of rotatable bonds is 3. The van der Waals surface area contributed by atoms with Crippen molar-refractivity contribution in [1.82, 2.24) is 0 Å². The maximum Gasteiger partial charge on any atom is 0.247 e. The van der Waals surface area contributed by atoms with Crippen LogP contribution < -0.4 is 5.73 Å². The molecule has 4 N–H and O–H groups in total. The second-order valence-corrected chi connectivity index (χ2v) is 4.35. The van der Waals surface area contributed by atoms with Gasteiger partial charge in [-0.05, 0) is 13.8 Å². The normalized spacial score (nSPS) is 40.0. The molecule has 0 aromatic carbocycles. The summed E-state index contributed by atoms with van der Waals surface area (Å²) in [7, 11) is 0. The van der Waals surface area contributed by atoms with Crippen LogP contribution in [0.15, 0.2) is 0 Å². The van der Waals surface area contributed by atoms with Crippen molar-refractivity contribution in [3.8, 4) is 0 Å². The molecule has 0 saturated carbocycles. The first-order chi connectivity index (χ1) is 7.34. The minimum atomic E-state index is -1.17. The quantitative estimate of drug-likeness (QED) is 0.579. The monoisotopic (exact) mass is 233 g/mol. The van der Waals surface area contributed by atoms with Crippen molar-refractivity contribution in [3.63, 3.8) is 0 Å². The van der Waals surface area contributed by atoms with Crippen LogP contribution in [0.1, 0.15) is 20.8 Å².